The van der Waals surface area contributed by atoms with Crippen LogP contribution in [-0.4, -0.2) is 33.9 Å². The van der Waals surface area contributed by atoms with E-state index in [1.165, 1.54) is 19.1 Å². The molecule has 6 nitrogen and oxygen atoms in total. The van der Waals surface area contributed by atoms with Crippen molar-refractivity contribution < 1.29 is 16.8 Å². The van der Waals surface area contributed by atoms with Crippen molar-refractivity contribution in [2.75, 3.05) is 17.2 Å². The van der Waals surface area contributed by atoms with Crippen LogP contribution in [0.3, 0.4) is 0 Å². The molecular formula is C11H14Cl2N2O4S2. The average Bonchev–Trinajstić information content (AvgIpc) is 2.48. The van der Waals surface area contributed by atoms with Gasteiger partial charge in [0.2, 0.25) is 10.0 Å². The lowest BCUT2D eigenvalue weighted by Crippen LogP contribution is -2.46. The number of rotatable bonds is 3. The number of sulfonamides is 1. The summed E-state index contributed by atoms with van der Waals surface area (Å²) >= 11 is 11.8. The van der Waals surface area contributed by atoms with Crippen molar-refractivity contribution in [3.63, 3.8) is 0 Å². The number of benzene rings is 1. The third-order valence-electron chi connectivity index (χ3n) is 3.17. The Balaban J connectivity index is 2.41. The molecule has 1 aliphatic heterocycles. The first-order valence-electron chi connectivity index (χ1n) is 5.93. The third-order valence-corrected chi connectivity index (χ3v) is 7.64. The second-order valence-electron chi connectivity index (χ2n) is 5.32. The van der Waals surface area contributed by atoms with Gasteiger partial charge in [-0.05, 0) is 25.5 Å². The lowest BCUT2D eigenvalue weighted by atomic mass is 10.0. The van der Waals surface area contributed by atoms with E-state index in [9.17, 15) is 16.8 Å². The highest BCUT2D eigenvalue weighted by molar-refractivity contribution is 7.92. The van der Waals surface area contributed by atoms with Crippen LogP contribution >= 0.6 is 23.2 Å². The van der Waals surface area contributed by atoms with Gasteiger partial charge in [0.05, 0.1) is 21.6 Å². The smallest absolute Gasteiger partial charge is 0.244 e. The maximum atomic E-state index is 12.4. The van der Waals surface area contributed by atoms with Crippen molar-refractivity contribution in [1.29, 1.82) is 0 Å². The van der Waals surface area contributed by atoms with E-state index in [1.807, 2.05) is 0 Å². The summed E-state index contributed by atoms with van der Waals surface area (Å²) in [5.41, 5.74) is 4.69. The first-order chi connectivity index (χ1) is 9.44. The van der Waals surface area contributed by atoms with Crippen LogP contribution in [0.15, 0.2) is 17.0 Å². The number of anilines is 1. The van der Waals surface area contributed by atoms with Gasteiger partial charge in [-0.25, -0.2) is 21.6 Å². The first-order valence-corrected chi connectivity index (χ1v) is 9.99. The molecule has 1 heterocycles. The minimum atomic E-state index is -4.06. The minimum absolute atomic E-state index is 0.0603. The topological polar surface area (TPSA) is 106 Å². The van der Waals surface area contributed by atoms with Crippen molar-refractivity contribution in [2.45, 2.75) is 23.8 Å². The molecule has 0 spiro atoms. The Morgan fingerprint density at radius 3 is 2.24 bits per heavy atom. The molecule has 0 amide bonds. The standard InChI is InChI=1S/C11H14Cl2N2O4S2/c1-11(2-3-20(16,17)6-11)15-21(18,19)10-8(12)4-7(14)5-9(10)13/h4-5,15H,2-3,6,14H2,1H3. The highest BCUT2D eigenvalue weighted by Gasteiger charge is 2.42. The van der Waals surface area contributed by atoms with Crippen molar-refractivity contribution in [3.8, 4) is 0 Å². The minimum Gasteiger partial charge on any atom is -0.399 e. The van der Waals surface area contributed by atoms with Gasteiger partial charge in [-0.15, -0.1) is 0 Å². The summed E-state index contributed by atoms with van der Waals surface area (Å²) in [5.74, 6) is -0.321. The summed E-state index contributed by atoms with van der Waals surface area (Å²) in [4.78, 5) is -0.300. The summed E-state index contributed by atoms with van der Waals surface area (Å²) in [6.45, 7) is 1.54. The van der Waals surface area contributed by atoms with E-state index in [0.717, 1.165) is 0 Å². The average molecular weight is 373 g/mol. The molecule has 21 heavy (non-hydrogen) atoms. The second kappa shape index (κ2) is 5.27. The number of nitrogens with two attached hydrogens (primary N) is 1. The quantitative estimate of drug-likeness (QED) is 0.780. The molecule has 1 aromatic carbocycles. The largest absolute Gasteiger partial charge is 0.399 e. The summed E-state index contributed by atoms with van der Waals surface area (Å²) < 4.78 is 50.4. The lowest BCUT2D eigenvalue weighted by molar-refractivity contribution is 0.462. The highest BCUT2D eigenvalue weighted by atomic mass is 35.5. The summed E-state index contributed by atoms with van der Waals surface area (Å²) in [6, 6.07) is 2.55. The maximum absolute atomic E-state index is 12.4. The Labute approximate surface area is 133 Å². The highest BCUT2D eigenvalue weighted by Crippen LogP contribution is 2.33. The fourth-order valence-electron chi connectivity index (χ4n) is 2.30. The van der Waals surface area contributed by atoms with Crippen molar-refractivity contribution in [2.24, 2.45) is 0 Å². The van der Waals surface area contributed by atoms with Crippen LogP contribution in [0.5, 0.6) is 0 Å². The maximum Gasteiger partial charge on any atom is 0.244 e. The molecule has 0 saturated carbocycles. The molecule has 0 radical (unpaired) electrons. The fourth-order valence-corrected chi connectivity index (χ4v) is 7.16. The SMILES string of the molecule is CC1(NS(=O)(=O)c2c(Cl)cc(N)cc2Cl)CCS(=O)(=O)C1. The van der Waals surface area contributed by atoms with E-state index >= 15 is 0 Å². The normalized spacial score (nSPS) is 25.1. The number of nitrogens with one attached hydrogen (secondary N) is 1. The van der Waals surface area contributed by atoms with Crippen LogP contribution in [0.25, 0.3) is 0 Å². The van der Waals surface area contributed by atoms with Crippen LogP contribution in [0, 0.1) is 0 Å². The van der Waals surface area contributed by atoms with Crippen LogP contribution < -0.4 is 10.5 Å². The van der Waals surface area contributed by atoms with Crippen LogP contribution in [-0.2, 0) is 19.9 Å². The van der Waals surface area contributed by atoms with E-state index in [-0.39, 0.29) is 38.6 Å². The van der Waals surface area contributed by atoms with Gasteiger partial charge in [0, 0.05) is 11.2 Å². The molecule has 1 unspecified atom stereocenters. The number of nitrogen functional groups attached to an aromatic ring is 1. The Kier molecular flexibility index (Phi) is 4.23. The molecule has 2 rings (SSSR count). The Hall–Kier alpha value is -0.540. The van der Waals surface area contributed by atoms with Gasteiger partial charge in [-0.3, -0.25) is 0 Å². The summed E-state index contributed by atoms with van der Waals surface area (Å²) in [7, 11) is -7.31. The van der Waals surface area contributed by atoms with Gasteiger partial charge in [-0.2, -0.15) is 0 Å². The van der Waals surface area contributed by atoms with Crippen molar-refractivity contribution >= 4 is 48.7 Å². The second-order valence-corrected chi connectivity index (χ2v) is 9.94. The summed E-state index contributed by atoms with van der Waals surface area (Å²) in [5, 5.41) is -0.228. The Bertz CT molecular complexity index is 769. The Morgan fingerprint density at radius 2 is 1.81 bits per heavy atom. The fraction of sp³-hybridized carbons (Fsp3) is 0.455. The van der Waals surface area contributed by atoms with E-state index in [0.29, 0.717) is 0 Å². The van der Waals surface area contributed by atoms with Gasteiger partial charge in [-0.1, -0.05) is 23.2 Å². The number of hydrogen-bond donors (Lipinski definition) is 2. The molecule has 1 fully saturated rings. The molecule has 0 aromatic heterocycles. The molecule has 10 heteroatoms. The van der Waals surface area contributed by atoms with Crippen LogP contribution in [0.2, 0.25) is 10.0 Å². The Morgan fingerprint density at radius 1 is 1.29 bits per heavy atom. The number of hydrogen-bond acceptors (Lipinski definition) is 5. The predicted octanol–water partition coefficient (Wildman–Crippen LogP) is 1.43. The van der Waals surface area contributed by atoms with Crippen molar-refractivity contribution in [1.82, 2.24) is 4.72 Å². The van der Waals surface area contributed by atoms with Crippen molar-refractivity contribution in [3.05, 3.63) is 22.2 Å². The molecule has 3 N–H and O–H groups in total. The van der Waals surface area contributed by atoms with E-state index < -0.39 is 25.4 Å². The van der Waals surface area contributed by atoms with Gasteiger partial charge in [0.25, 0.3) is 0 Å². The molecule has 1 saturated heterocycles. The molecule has 118 valence electrons. The van der Waals surface area contributed by atoms with E-state index in [1.54, 1.807) is 0 Å². The molecule has 1 aromatic rings. The van der Waals surface area contributed by atoms with Gasteiger partial charge in [0.15, 0.2) is 9.84 Å². The third kappa shape index (κ3) is 3.62. The number of halogens is 2. The zero-order valence-electron chi connectivity index (χ0n) is 11.1. The molecule has 0 aliphatic carbocycles. The molecular weight excluding hydrogens is 359 g/mol. The van der Waals surface area contributed by atoms with E-state index in [2.05, 4.69) is 4.72 Å². The molecule has 1 atom stereocenters. The zero-order chi connectivity index (χ0) is 16.1. The van der Waals surface area contributed by atoms with Crippen LogP contribution in [0.1, 0.15) is 13.3 Å². The van der Waals surface area contributed by atoms with Gasteiger partial charge >= 0.3 is 0 Å². The zero-order valence-corrected chi connectivity index (χ0v) is 14.2. The van der Waals surface area contributed by atoms with Gasteiger partial charge < -0.3 is 5.73 Å². The molecule has 1 aliphatic rings. The molecule has 0 bridgehead atoms. The van der Waals surface area contributed by atoms with E-state index in [4.69, 9.17) is 28.9 Å². The lowest BCUT2D eigenvalue weighted by Gasteiger charge is -2.24. The van der Waals surface area contributed by atoms with Crippen LogP contribution in [0.4, 0.5) is 5.69 Å². The van der Waals surface area contributed by atoms with Gasteiger partial charge in [0.1, 0.15) is 4.90 Å². The predicted molar refractivity (Wildman–Crippen MR) is 82.9 cm³/mol. The monoisotopic (exact) mass is 372 g/mol. The first kappa shape index (κ1) is 16.8. The number of sulfone groups is 1. The summed E-state index contributed by atoms with van der Waals surface area (Å²) in [6.07, 6.45) is 0.193.